The minimum absolute atomic E-state index is 0.0194. The van der Waals surface area contributed by atoms with Crippen molar-refractivity contribution in [2.45, 2.75) is 52.6 Å². The number of ether oxygens (including phenoxy) is 1. The highest BCUT2D eigenvalue weighted by molar-refractivity contribution is 5.94. The molecule has 0 fully saturated rings. The Bertz CT molecular complexity index is 1530. The maximum absolute atomic E-state index is 14.5. The van der Waals surface area contributed by atoms with E-state index in [-0.39, 0.29) is 36.3 Å². The number of carbonyl (C=O) groups excluding carboxylic acids is 2. The number of hydrogen-bond acceptors (Lipinski definition) is 4. The van der Waals surface area contributed by atoms with E-state index in [1.165, 1.54) is 36.4 Å². The van der Waals surface area contributed by atoms with Gasteiger partial charge < -0.3 is 14.7 Å². The topological polar surface area (TPSA) is 66.8 Å². The first-order valence-electron chi connectivity index (χ1n) is 13.7. The van der Waals surface area contributed by atoms with Crippen LogP contribution in [0.1, 0.15) is 75.6 Å². The van der Waals surface area contributed by atoms with Crippen molar-refractivity contribution in [3.8, 4) is 11.8 Å². The van der Waals surface area contributed by atoms with Crippen molar-refractivity contribution in [2.24, 2.45) is 0 Å². The number of halogens is 2. The van der Waals surface area contributed by atoms with Gasteiger partial charge in [0.2, 0.25) is 0 Å². The molecule has 1 amide bonds. The molecule has 1 heterocycles. The number of hydrogen-bond donors (Lipinski definition) is 1. The van der Waals surface area contributed by atoms with Crippen molar-refractivity contribution in [3.05, 3.63) is 111 Å². The zero-order valence-corrected chi connectivity index (χ0v) is 23.5. The van der Waals surface area contributed by atoms with Crippen LogP contribution in [0.15, 0.2) is 66.4 Å². The Balaban J connectivity index is 1.76. The van der Waals surface area contributed by atoms with Gasteiger partial charge in [-0.1, -0.05) is 30.2 Å². The summed E-state index contributed by atoms with van der Waals surface area (Å²) in [5.74, 6) is 3.54. The van der Waals surface area contributed by atoms with Crippen molar-refractivity contribution < 1.29 is 28.2 Å². The molecule has 5 nitrogen and oxygen atoms in total. The average Bonchev–Trinajstić information content (AvgIpc) is 2.93. The Morgan fingerprint density at radius 1 is 0.927 bits per heavy atom. The van der Waals surface area contributed by atoms with Crippen LogP contribution in [-0.2, 0) is 4.74 Å². The minimum Gasteiger partial charge on any atom is -0.427 e. The number of rotatable bonds is 4. The number of esters is 1. The quantitative estimate of drug-likeness (QED) is 0.290. The Kier molecular flexibility index (Phi) is 9.69. The maximum atomic E-state index is 14.5. The molecule has 1 unspecified atom stereocenters. The molecule has 1 atom stereocenters. The van der Waals surface area contributed by atoms with Crippen molar-refractivity contribution >= 4 is 17.4 Å². The molecule has 212 valence electrons. The lowest BCUT2D eigenvalue weighted by molar-refractivity contribution is 0.0593. The van der Waals surface area contributed by atoms with E-state index in [2.05, 4.69) is 11.8 Å². The first kappa shape index (κ1) is 29.7. The van der Waals surface area contributed by atoms with Gasteiger partial charge in [0.25, 0.3) is 5.91 Å². The Morgan fingerprint density at radius 3 is 2.12 bits per heavy atom. The number of aliphatic hydroxyl groups excluding tert-OH is 1. The number of aryl methyl sites for hydroxylation is 2. The number of aliphatic hydroxyl groups is 1. The third-order valence-electron chi connectivity index (χ3n) is 7.14. The molecule has 4 rings (SSSR count). The van der Waals surface area contributed by atoms with Crippen molar-refractivity contribution in [1.29, 1.82) is 0 Å². The van der Waals surface area contributed by atoms with Gasteiger partial charge in [-0.3, -0.25) is 4.79 Å². The minimum atomic E-state index is -1.04. The fourth-order valence-electron chi connectivity index (χ4n) is 5.30. The predicted molar refractivity (Wildman–Crippen MR) is 154 cm³/mol. The fourth-order valence-corrected chi connectivity index (χ4v) is 5.30. The summed E-state index contributed by atoms with van der Waals surface area (Å²) in [7, 11) is 0. The zero-order valence-electron chi connectivity index (χ0n) is 23.5. The van der Waals surface area contributed by atoms with E-state index in [9.17, 15) is 23.5 Å². The van der Waals surface area contributed by atoms with Gasteiger partial charge >= 0.3 is 5.97 Å². The van der Waals surface area contributed by atoms with Crippen LogP contribution in [0.3, 0.4) is 0 Å². The highest BCUT2D eigenvalue weighted by atomic mass is 19.1. The summed E-state index contributed by atoms with van der Waals surface area (Å²) >= 11 is 0. The molecule has 0 radical (unpaired) electrons. The van der Waals surface area contributed by atoms with Gasteiger partial charge in [0.05, 0.1) is 17.2 Å². The molecule has 1 aliphatic rings. The van der Waals surface area contributed by atoms with Crippen LogP contribution in [0, 0.1) is 37.3 Å². The Hall–Kier alpha value is -4.28. The normalized spacial score (nSPS) is 17.8. The molecule has 0 saturated carbocycles. The summed E-state index contributed by atoms with van der Waals surface area (Å²) in [5.41, 5.74) is 3.51. The summed E-state index contributed by atoms with van der Waals surface area (Å²) in [6, 6.07) is 15.2. The number of benzene rings is 3. The monoisotopic (exact) mass is 557 g/mol. The third-order valence-corrected chi connectivity index (χ3v) is 7.14. The summed E-state index contributed by atoms with van der Waals surface area (Å²) in [6.45, 7) is 6.18. The predicted octanol–water partition coefficient (Wildman–Crippen LogP) is 6.60. The van der Waals surface area contributed by atoms with E-state index in [1.54, 1.807) is 24.0 Å². The van der Waals surface area contributed by atoms with Crippen molar-refractivity contribution in [3.63, 3.8) is 0 Å². The smallest absolute Gasteiger partial charge is 0.346 e. The molecule has 7 heteroatoms. The summed E-state index contributed by atoms with van der Waals surface area (Å²) in [4.78, 5) is 27.9. The SMILES string of the molecule is CC#Cc1cc(C)c(/C2=C(\OC(=O)c3ccccc3F)CCCN(C(=O)c3ccccc3F)CCCC2O)c(C)c1. The number of allylic oxidation sites excluding steroid dienone is 1. The van der Waals surface area contributed by atoms with Crippen LogP contribution >= 0.6 is 0 Å². The largest absolute Gasteiger partial charge is 0.427 e. The first-order chi connectivity index (χ1) is 19.7. The van der Waals surface area contributed by atoms with E-state index in [1.807, 2.05) is 26.0 Å². The first-order valence-corrected chi connectivity index (χ1v) is 13.7. The van der Waals surface area contributed by atoms with Gasteiger partial charge in [0, 0.05) is 30.6 Å². The lowest BCUT2D eigenvalue weighted by Gasteiger charge is -2.28. The van der Waals surface area contributed by atoms with Crippen molar-refractivity contribution in [2.75, 3.05) is 13.1 Å². The maximum Gasteiger partial charge on any atom is 0.346 e. The van der Waals surface area contributed by atoms with Gasteiger partial charge in [-0.15, -0.1) is 5.92 Å². The molecule has 3 aromatic rings. The molecule has 0 spiro atoms. The van der Waals surface area contributed by atoms with Crippen molar-refractivity contribution in [1.82, 2.24) is 4.90 Å². The van der Waals surface area contributed by atoms with Gasteiger partial charge in [-0.2, -0.15) is 0 Å². The molecule has 0 bridgehead atoms. The molecule has 1 N–H and O–H groups in total. The second kappa shape index (κ2) is 13.4. The van der Waals surface area contributed by atoms with Crippen LogP contribution in [0.2, 0.25) is 0 Å². The molecule has 0 saturated heterocycles. The highest BCUT2D eigenvalue weighted by Gasteiger charge is 2.28. The van der Waals surface area contributed by atoms with E-state index in [0.717, 1.165) is 22.3 Å². The van der Waals surface area contributed by atoms with E-state index >= 15 is 0 Å². The number of amides is 1. The summed E-state index contributed by atoms with van der Waals surface area (Å²) < 4.78 is 34.7. The zero-order chi connectivity index (χ0) is 29.5. The van der Waals surface area contributed by atoms with Crippen LogP contribution in [0.4, 0.5) is 8.78 Å². The molecular formula is C34H33F2NO4. The molecule has 0 aliphatic carbocycles. The second-order valence-electron chi connectivity index (χ2n) is 10.1. The van der Waals surface area contributed by atoms with E-state index < -0.39 is 29.6 Å². The molecule has 0 aromatic heterocycles. The number of carbonyl (C=O) groups is 2. The highest BCUT2D eigenvalue weighted by Crippen LogP contribution is 2.35. The van der Waals surface area contributed by atoms with Crippen LogP contribution < -0.4 is 0 Å². The standard InChI is InChI=1S/C34H33F2NO4/c1-4-11-24-20-22(2)31(23(3)21-24)32-29(38)16-9-18-37(33(39)25-12-5-7-14-27(25)35)19-10-17-30(32)41-34(40)26-13-6-8-15-28(26)36/h5-8,12-15,20-21,29,38H,9-10,16-19H2,1-3H3/b32-30-. The van der Waals surface area contributed by atoms with Crippen LogP contribution in [-0.4, -0.2) is 41.1 Å². The summed E-state index contributed by atoms with van der Waals surface area (Å²) in [5, 5.41) is 11.5. The fraction of sp³-hybridized carbons (Fsp3) is 0.294. The number of nitrogens with zero attached hydrogens (tertiary/aromatic N) is 1. The lowest BCUT2D eigenvalue weighted by atomic mass is 9.87. The van der Waals surface area contributed by atoms with Gasteiger partial charge in [-0.25, -0.2) is 13.6 Å². The molecule has 1 aliphatic heterocycles. The average molecular weight is 558 g/mol. The van der Waals surface area contributed by atoms with Gasteiger partial charge in [0.15, 0.2) is 0 Å². The van der Waals surface area contributed by atoms with E-state index in [4.69, 9.17) is 4.74 Å². The summed E-state index contributed by atoms with van der Waals surface area (Å²) in [6.07, 6.45) is 0.197. The lowest BCUT2D eigenvalue weighted by Crippen LogP contribution is -2.34. The van der Waals surface area contributed by atoms with Crippen LogP contribution in [0.25, 0.3) is 5.57 Å². The third kappa shape index (κ3) is 6.90. The molecule has 3 aromatic carbocycles. The van der Waals surface area contributed by atoms with Gasteiger partial charge in [-0.05, 0) is 93.1 Å². The second-order valence-corrected chi connectivity index (χ2v) is 10.1. The molecule has 41 heavy (non-hydrogen) atoms. The molecular weight excluding hydrogens is 524 g/mol. The Morgan fingerprint density at radius 2 is 1.51 bits per heavy atom. The Labute approximate surface area is 239 Å². The van der Waals surface area contributed by atoms with Gasteiger partial charge in [0.1, 0.15) is 17.4 Å². The van der Waals surface area contributed by atoms with Crippen LogP contribution in [0.5, 0.6) is 0 Å². The van der Waals surface area contributed by atoms with E-state index in [0.29, 0.717) is 25.0 Å².